The summed E-state index contributed by atoms with van der Waals surface area (Å²) in [7, 11) is 0. The summed E-state index contributed by atoms with van der Waals surface area (Å²) >= 11 is 0. The Morgan fingerprint density at radius 1 is 1.56 bits per heavy atom. The molecule has 2 aromatic heterocycles. The van der Waals surface area contributed by atoms with E-state index in [1.54, 1.807) is 6.33 Å². The molecule has 0 saturated carbocycles. The topological polar surface area (TPSA) is 98.7 Å². The molecular weight excluding hydrogens is 208 g/mol. The molecule has 0 fully saturated rings. The summed E-state index contributed by atoms with van der Waals surface area (Å²) in [6.07, 6.45) is 1.64. The summed E-state index contributed by atoms with van der Waals surface area (Å²) in [5, 5.41) is 2.58. The lowest BCUT2D eigenvalue weighted by Crippen LogP contribution is -2.10. The third-order valence-corrected chi connectivity index (χ3v) is 2.12. The predicted octanol–water partition coefficient (Wildman–Crippen LogP) is 0.387. The van der Waals surface area contributed by atoms with E-state index in [9.17, 15) is 4.79 Å². The maximum Gasteiger partial charge on any atom is 0.224 e. The van der Waals surface area contributed by atoms with Crippen LogP contribution in [0.25, 0.3) is 11.2 Å². The van der Waals surface area contributed by atoms with Crippen LogP contribution in [0.2, 0.25) is 0 Å². The Bertz CT molecular complexity index is 546. The molecule has 0 bridgehead atoms. The van der Waals surface area contributed by atoms with Crippen LogP contribution in [0.4, 0.5) is 11.8 Å². The molecule has 0 radical (unpaired) electrons. The fourth-order valence-electron chi connectivity index (χ4n) is 1.45. The fraction of sp³-hybridized carbons (Fsp3) is 0.333. The van der Waals surface area contributed by atoms with Crippen LogP contribution < -0.4 is 11.1 Å². The standard InChI is InChI=1S/C9H12N6O/c1-3-15-4-11-6-7(12-5(2)16)13-9(10)14-8(6)15/h4H,3H2,1-2H3,(H3,10,12,13,14,16). The maximum absolute atomic E-state index is 11.0. The average Bonchev–Trinajstić information content (AvgIpc) is 2.59. The largest absolute Gasteiger partial charge is 0.368 e. The summed E-state index contributed by atoms with van der Waals surface area (Å²) in [5.41, 5.74) is 6.74. The van der Waals surface area contributed by atoms with Crippen LogP contribution in [0.3, 0.4) is 0 Å². The first-order valence-corrected chi connectivity index (χ1v) is 4.87. The molecule has 0 aromatic carbocycles. The van der Waals surface area contributed by atoms with Crippen molar-refractivity contribution in [1.29, 1.82) is 0 Å². The molecule has 0 unspecified atom stereocenters. The lowest BCUT2D eigenvalue weighted by Gasteiger charge is -2.04. The molecule has 3 N–H and O–H groups in total. The monoisotopic (exact) mass is 220 g/mol. The number of nitrogens with zero attached hydrogens (tertiary/aromatic N) is 4. The number of nitrogens with one attached hydrogen (secondary N) is 1. The Hall–Kier alpha value is -2.18. The smallest absolute Gasteiger partial charge is 0.224 e. The lowest BCUT2D eigenvalue weighted by atomic mass is 10.4. The van der Waals surface area contributed by atoms with Gasteiger partial charge in [0.1, 0.15) is 0 Å². The number of rotatable bonds is 2. The number of imidazole rings is 1. The molecule has 7 heteroatoms. The number of aromatic nitrogens is 4. The van der Waals surface area contributed by atoms with Crippen molar-refractivity contribution >= 4 is 28.8 Å². The molecule has 84 valence electrons. The van der Waals surface area contributed by atoms with Gasteiger partial charge in [-0.25, -0.2) is 4.98 Å². The van der Waals surface area contributed by atoms with Gasteiger partial charge in [-0.1, -0.05) is 0 Å². The molecule has 0 atom stereocenters. The number of nitrogens with two attached hydrogens (primary N) is 1. The van der Waals surface area contributed by atoms with E-state index < -0.39 is 0 Å². The highest BCUT2D eigenvalue weighted by atomic mass is 16.1. The third-order valence-electron chi connectivity index (χ3n) is 2.12. The molecule has 2 heterocycles. The van der Waals surface area contributed by atoms with Crippen molar-refractivity contribution in [2.75, 3.05) is 11.1 Å². The van der Waals surface area contributed by atoms with Crippen molar-refractivity contribution in [3.8, 4) is 0 Å². The van der Waals surface area contributed by atoms with E-state index in [1.807, 2.05) is 11.5 Å². The van der Waals surface area contributed by atoms with Crippen molar-refractivity contribution in [2.45, 2.75) is 20.4 Å². The maximum atomic E-state index is 11.0. The Balaban J connectivity index is 2.64. The van der Waals surface area contributed by atoms with Crippen LogP contribution in [-0.2, 0) is 11.3 Å². The first-order valence-electron chi connectivity index (χ1n) is 4.87. The minimum atomic E-state index is -0.217. The molecule has 2 rings (SSSR count). The summed E-state index contributed by atoms with van der Waals surface area (Å²) in [5.74, 6) is 0.249. The minimum absolute atomic E-state index is 0.117. The van der Waals surface area contributed by atoms with E-state index in [-0.39, 0.29) is 11.9 Å². The Morgan fingerprint density at radius 2 is 2.31 bits per heavy atom. The van der Waals surface area contributed by atoms with Crippen LogP contribution in [0.5, 0.6) is 0 Å². The normalized spacial score (nSPS) is 10.6. The van der Waals surface area contributed by atoms with E-state index in [0.29, 0.717) is 17.0 Å². The summed E-state index contributed by atoms with van der Waals surface area (Å²) < 4.78 is 1.83. The number of carbonyl (C=O) groups excluding carboxylic acids is 1. The first-order chi connectivity index (χ1) is 7.61. The van der Waals surface area contributed by atoms with E-state index >= 15 is 0 Å². The second-order valence-electron chi connectivity index (χ2n) is 3.31. The zero-order valence-electron chi connectivity index (χ0n) is 9.06. The highest BCUT2D eigenvalue weighted by molar-refractivity contribution is 5.96. The molecule has 0 saturated heterocycles. The average molecular weight is 220 g/mol. The summed E-state index contributed by atoms with van der Waals surface area (Å²) in [6, 6.07) is 0. The number of hydrogen-bond acceptors (Lipinski definition) is 5. The number of hydrogen-bond donors (Lipinski definition) is 2. The molecule has 0 aliphatic carbocycles. The SMILES string of the molecule is CCn1cnc2c(NC(C)=O)nc(N)nc21. The van der Waals surface area contributed by atoms with Gasteiger partial charge in [-0.2, -0.15) is 9.97 Å². The molecule has 2 aromatic rings. The molecule has 7 nitrogen and oxygen atoms in total. The van der Waals surface area contributed by atoms with Gasteiger partial charge in [0, 0.05) is 13.5 Å². The van der Waals surface area contributed by atoms with Gasteiger partial charge >= 0.3 is 0 Å². The van der Waals surface area contributed by atoms with Crippen molar-refractivity contribution in [3.05, 3.63) is 6.33 Å². The predicted molar refractivity (Wildman–Crippen MR) is 59.7 cm³/mol. The number of nitrogen functional groups attached to an aromatic ring is 1. The van der Waals surface area contributed by atoms with E-state index in [2.05, 4.69) is 20.3 Å². The van der Waals surface area contributed by atoms with Crippen LogP contribution in [0, 0.1) is 0 Å². The first kappa shape index (κ1) is 10.3. The van der Waals surface area contributed by atoms with Gasteiger partial charge in [-0.15, -0.1) is 0 Å². The van der Waals surface area contributed by atoms with Gasteiger partial charge in [-0.3, -0.25) is 4.79 Å². The zero-order valence-corrected chi connectivity index (χ0v) is 9.06. The Morgan fingerprint density at radius 3 is 2.94 bits per heavy atom. The molecule has 16 heavy (non-hydrogen) atoms. The van der Waals surface area contributed by atoms with Gasteiger partial charge < -0.3 is 15.6 Å². The minimum Gasteiger partial charge on any atom is -0.368 e. The van der Waals surface area contributed by atoms with Gasteiger partial charge in [-0.05, 0) is 6.92 Å². The van der Waals surface area contributed by atoms with Crippen molar-refractivity contribution < 1.29 is 4.79 Å². The zero-order chi connectivity index (χ0) is 11.7. The van der Waals surface area contributed by atoms with Crippen LogP contribution >= 0.6 is 0 Å². The molecule has 0 aliphatic heterocycles. The van der Waals surface area contributed by atoms with Crippen molar-refractivity contribution in [2.24, 2.45) is 0 Å². The summed E-state index contributed by atoms with van der Waals surface area (Å²) in [4.78, 5) is 23.2. The van der Waals surface area contributed by atoms with Crippen molar-refractivity contribution in [1.82, 2.24) is 19.5 Å². The van der Waals surface area contributed by atoms with Crippen LogP contribution in [0.15, 0.2) is 6.33 Å². The number of aryl methyl sites for hydroxylation is 1. The van der Waals surface area contributed by atoms with Gasteiger partial charge in [0.15, 0.2) is 17.0 Å². The van der Waals surface area contributed by atoms with E-state index in [4.69, 9.17) is 5.73 Å². The number of amides is 1. The molecular formula is C9H12N6O. The number of anilines is 2. The number of carbonyl (C=O) groups is 1. The summed E-state index contributed by atoms with van der Waals surface area (Å²) in [6.45, 7) is 4.10. The van der Waals surface area contributed by atoms with Crippen LogP contribution in [-0.4, -0.2) is 25.4 Å². The fourth-order valence-corrected chi connectivity index (χ4v) is 1.45. The van der Waals surface area contributed by atoms with Gasteiger partial charge in [0.05, 0.1) is 6.33 Å². The van der Waals surface area contributed by atoms with Crippen LogP contribution in [0.1, 0.15) is 13.8 Å². The lowest BCUT2D eigenvalue weighted by molar-refractivity contribution is -0.114. The Kier molecular flexibility index (Phi) is 2.43. The highest BCUT2D eigenvalue weighted by Crippen LogP contribution is 2.19. The molecule has 0 spiro atoms. The van der Waals surface area contributed by atoms with Gasteiger partial charge in [0.2, 0.25) is 11.9 Å². The second kappa shape index (κ2) is 3.76. The van der Waals surface area contributed by atoms with Gasteiger partial charge in [0.25, 0.3) is 0 Å². The quantitative estimate of drug-likeness (QED) is 0.762. The number of fused-ring (bicyclic) bond motifs is 1. The molecule has 1 amide bonds. The third kappa shape index (κ3) is 1.67. The highest BCUT2D eigenvalue weighted by Gasteiger charge is 2.12. The van der Waals surface area contributed by atoms with E-state index in [1.165, 1.54) is 6.92 Å². The second-order valence-corrected chi connectivity index (χ2v) is 3.31. The van der Waals surface area contributed by atoms with Crippen molar-refractivity contribution in [3.63, 3.8) is 0 Å². The van der Waals surface area contributed by atoms with E-state index in [0.717, 1.165) is 6.54 Å². The molecule has 0 aliphatic rings. The Labute approximate surface area is 91.7 Å².